The smallest absolute Gasteiger partial charge is 0.0985 e. The van der Waals surface area contributed by atoms with Gasteiger partial charge >= 0.3 is 0 Å². The number of rotatable bonds is 4. The minimum absolute atomic E-state index is 0.122. The van der Waals surface area contributed by atoms with E-state index in [2.05, 4.69) is 45.0 Å². The standard InChI is InChI=1S/C15H24N4S/c1-10(16-7-12-8-17-19(6)9-12)13-11(2)18-14(20-13)15(3,4)5/h8-10,16H,7H2,1-6H3. The molecule has 0 spiro atoms. The van der Waals surface area contributed by atoms with Crippen LogP contribution in [0.5, 0.6) is 0 Å². The molecular weight excluding hydrogens is 268 g/mol. The summed E-state index contributed by atoms with van der Waals surface area (Å²) in [5, 5.41) is 8.95. The Morgan fingerprint density at radius 1 is 1.40 bits per heavy atom. The third-order valence-corrected chi connectivity index (χ3v) is 5.00. The van der Waals surface area contributed by atoms with E-state index < -0.39 is 0 Å². The Bertz CT molecular complexity index is 577. The van der Waals surface area contributed by atoms with Crippen molar-refractivity contribution in [3.05, 3.63) is 33.5 Å². The molecule has 2 rings (SSSR count). The second kappa shape index (κ2) is 5.66. The molecule has 0 amide bonds. The molecule has 1 unspecified atom stereocenters. The molecule has 4 nitrogen and oxygen atoms in total. The molecule has 0 radical (unpaired) electrons. The molecule has 20 heavy (non-hydrogen) atoms. The van der Waals surface area contributed by atoms with Gasteiger partial charge in [-0.05, 0) is 13.8 Å². The van der Waals surface area contributed by atoms with Crippen LogP contribution in [0.2, 0.25) is 0 Å². The van der Waals surface area contributed by atoms with Crippen molar-refractivity contribution in [2.24, 2.45) is 7.05 Å². The second-order valence-corrected chi connectivity index (χ2v) is 7.37. The highest BCUT2D eigenvalue weighted by Gasteiger charge is 2.22. The molecule has 0 aromatic carbocycles. The van der Waals surface area contributed by atoms with Crippen molar-refractivity contribution < 1.29 is 0 Å². The largest absolute Gasteiger partial charge is 0.305 e. The second-order valence-electron chi connectivity index (χ2n) is 6.34. The first kappa shape index (κ1) is 15.2. The zero-order valence-corrected chi connectivity index (χ0v) is 14.0. The normalized spacial score (nSPS) is 13.7. The summed E-state index contributed by atoms with van der Waals surface area (Å²) >= 11 is 1.82. The van der Waals surface area contributed by atoms with Crippen LogP contribution < -0.4 is 5.32 Å². The van der Waals surface area contributed by atoms with Crippen LogP contribution in [0.3, 0.4) is 0 Å². The molecule has 0 aliphatic heterocycles. The highest BCUT2D eigenvalue weighted by molar-refractivity contribution is 7.12. The molecule has 0 bridgehead atoms. The van der Waals surface area contributed by atoms with E-state index in [1.54, 1.807) is 0 Å². The van der Waals surface area contributed by atoms with E-state index in [-0.39, 0.29) is 5.41 Å². The molecular formula is C15H24N4S. The molecule has 1 N–H and O–H groups in total. The van der Waals surface area contributed by atoms with Crippen LogP contribution in [0.1, 0.15) is 54.9 Å². The molecule has 0 aliphatic carbocycles. The molecule has 2 heterocycles. The number of thiazole rings is 1. The van der Waals surface area contributed by atoms with Gasteiger partial charge in [0.15, 0.2) is 0 Å². The van der Waals surface area contributed by atoms with Gasteiger partial charge in [0.05, 0.1) is 16.9 Å². The summed E-state index contributed by atoms with van der Waals surface area (Å²) < 4.78 is 1.83. The van der Waals surface area contributed by atoms with Crippen LogP contribution >= 0.6 is 11.3 Å². The average molecular weight is 292 g/mol. The highest BCUT2D eigenvalue weighted by atomic mass is 32.1. The predicted molar refractivity (Wildman–Crippen MR) is 84.0 cm³/mol. The van der Waals surface area contributed by atoms with Gasteiger partial charge in [-0.2, -0.15) is 5.10 Å². The minimum atomic E-state index is 0.122. The first-order valence-electron chi connectivity index (χ1n) is 6.96. The molecule has 0 saturated heterocycles. The number of hydrogen-bond donors (Lipinski definition) is 1. The fourth-order valence-corrected chi connectivity index (χ4v) is 3.21. The summed E-state index contributed by atoms with van der Waals surface area (Å²) in [6.07, 6.45) is 3.94. The van der Waals surface area contributed by atoms with Crippen molar-refractivity contribution in [2.75, 3.05) is 0 Å². The van der Waals surface area contributed by atoms with Crippen molar-refractivity contribution in [3.63, 3.8) is 0 Å². The molecule has 1 atom stereocenters. The van der Waals surface area contributed by atoms with Crippen LogP contribution in [0.25, 0.3) is 0 Å². The van der Waals surface area contributed by atoms with Crippen molar-refractivity contribution >= 4 is 11.3 Å². The van der Waals surface area contributed by atoms with E-state index >= 15 is 0 Å². The zero-order chi connectivity index (χ0) is 14.9. The van der Waals surface area contributed by atoms with Gasteiger partial charge in [-0.25, -0.2) is 4.98 Å². The minimum Gasteiger partial charge on any atom is -0.305 e. The maximum absolute atomic E-state index is 4.72. The SMILES string of the molecule is Cc1nc(C(C)(C)C)sc1C(C)NCc1cnn(C)c1. The van der Waals surface area contributed by atoms with Gasteiger partial charge in [-0.3, -0.25) is 4.68 Å². The Balaban J connectivity index is 2.05. The quantitative estimate of drug-likeness (QED) is 0.940. The van der Waals surface area contributed by atoms with E-state index in [4.69, 9.17) is 4.98 Å². The van der Waals surface area contributed by atoms with Gasteiger partial charge in [0.2, 0.25) is 0 Å². The van der Waals surface area contributed by atoms with Crippen LogP contribution in [0.15, 0.2) is 12.4 Å². The van der Waals surface area contributed by atoms with Gasteiger partial charge in [-0.15, -0.1) is 11.3 Å². The Morgan fingerprint density at radius 3 is 2.60 bits per heavy atom. The molecule has 5 heteroatoms. The van der Waals surface area contributed by atoms with Crippen molar-refractivity contribution in [2.45, 2.75) is 52.6 Å². The van der Waals surface area contributed by atoms with Gasteiger partial charge in [0.1, 0.15) is 0 Å². The lowest BCUT2D eigenvalue weighted by molar-refractivity contribution is 0.577. The number of nitrogens with zero attached hydrogens (tertiary/aromatic N) is 3. The van der Waals surface area contributed by atoms with Gasteiger partial charge < -0.3 is 5.32 Å². The summed E-state index contributed by atoms with van der Waals surface area (Å²) in [6.45, 7) is 11.8. The maximum Gasteiger partial charge on any atom is 0.0985 e. The molecule has 0 saturated carbocycles. The molecule has 2 aromatic rings. The fraction of sp³-hybridized carbons (Fsp3) is 0.600. The topological polar surface area (TPSA) is 42.7 Å². The Kier molecular flexibility index (Phi) is 4.30. The Labute approximate surface area is 125 Å². The number of hydrogen-bond acceptors (Lipinski definition) is 4. The van der Waals surface area contributed by atoms with E-state index in [1.165, 1.54) is 15.4 Å². The number of aromatic nitrogens is 3. The van der Waals surface area contributed by atoms with Crippen LogP contribution in [-0.2, 0) is 19.0 Å². The predicted octanol–water partition coefficient (Wildman–Crippen LogP) is 3.33. The Hall–Kier alpha value is -1.20. The lowest BCUT2D eigenvalue weighted by Crippen LogP contribution is -2.17. The fourth-order valence-electron chi connectivity index (χ4n) is 2.06. The van der Waals surface area contributed by atoms with Crippen molar-refractivity contribution in [1.82, 2.24) is 20.1 Å². The lowest BCUT2D eigenvalue weighted by Gasteiger charge is -2.14. The van der Waals surface area contributed by atoms with Crippen molar-refractivity contribution in [1.29, 1.82) is 0 Å². The molecule has 2 aromatic heterocycles. The molecule has 0 fully saturated rings. The molecule has 110 valence electrons. The first-order chi connectivity index (χ1) is 9.27. The average Bonchev–Trinajstić information content (AvgIpc) is 2.92. The number of aryl methyl sites for hydroxylation is 2. The van der Waals surface area contributed by atoms with Crippen LogP contribution in [0, 0.1) is 6.92 Å². The van der Waals surface area contributed by atoms with Crippen molar-refractivity contribution in [3.8, 4) is 0 Å². The third-order valence-electron chi connectivity index (χ3n) is 3.24. The van der Waals surface area contributed by atoms with E-state index in [1.807, 2.05) is 35.5 Å². The van der Waals surface area contributed by atoms with E-state index in [9.17, 15) is 0 Å². The van der Waals surface area contributed by atoms with Crippen LogP contribution in [0.4, 0.5) is 0 Å². The molecule has 0 aliphatic rings. The summed E-state index contributed by atoms with van der Waals surface area (Å²) in [5.74, 6) is 0. The first-order valence-corrected chi connectivity index (χ1v) is 7.77. The van der Waals surface area contributed by atoms with E-state index in [0.29, 0.717) is 6.04 Å². The van der Waals surface area contributed by atoms with Gasteiger partial charge in [0, 0.05) is 41.7 Å². The van der Waals surface area contributed by atoms with Gasteiger partial charge in [-0.1, -0.05) is 20.8 Å². The highest BCUT2D eigenvalue weighted by Crippen LogP contribution is 2.32. The number of nitrogens with one attached hydrogen (secondary N) is 1. The lowest BCUT2D eigenvalue weighted by atomic mass is 9.98. The zero-order valence-electron chi connectivity index (χ0n) is 13.2. The van der Waals surface area contributed by atoms with Gasteiger partial charge in [0.25, 0.3) is 0 Å². The summed E-state index contributed by atoms with van der Waals surface area (Å²) in [6, 6.07) is 0.309. The third kappa shape index (κ3) is 3.46. The summed E-state index contributed by atoms with van der Waals surface area (Å²) in [5.41, 5.74) is 2.47. The monoisotopic (exact) mass is 292 g/mol. The summed E-state index contributed by atoms with van der Waals surface area (Å²) in [4.78, 5) is 6.06. The maximum atomic E-state index is 4.72. The van der Waals surface area contributed by atoms with E-state index in [0.717, 1.165) is 12.2 Å². The van der Waals surface area contributed by atoms with Crippen LogP contribution in [-0.4, -0.2) is 14.8 Å². The summed E-state index contributed by atoms with van der Waals surface area (Å²) in [7, 11) is 1.94. The Morgan fingerprint density at radius 2 is 2.10 bits per heavy atom.